The number of aromatic nitrogens is 1. The van der Waals surface area contributed by atoms with E-state index in [1.807, 2.05) is 13.0 Å². The second-order valence-corrected chi connectivity index (χ2v) is 6.92. The summed E-state index contributed by atoms with van der Waals surface area (Å²) in [5, 5.41) is 7.04. The van der Waals surface area contributed by atoms with Crippen molar-refractivity contribution in [2.24, 2.45) is 0 Å². The summed E-state index contributed by atoms with van der Waals surface area (Å²) in [5.74, 6) is 1.24. The molecule has 1 saturated heterocycles. The van der Waals surface area contributed by atoms with Gasteiger partial charge in [0.1, 0.15) is 17.2 Å². The first kappa shape index (κ1) is 17.4. The molecule has 0 spiro atoms. The third kappa shape index (κ3) is 3.34. The van der Waals surface area contributed by atoms with E-state index < -0.39 is 0 Å². The number of nitrogens with one attached hydrogen (secondary N) is 1. The molecule has 0 saturated carbocycles. The molecule has 1 aromatic heterocycles. The summed E-state index contributed by atoms with van der Waals surface area (Å²) in [6, 6.07) is 6.89. The number of fused-ring (bicyclic) bond motifs is 1. The lowest BCUT2D eigenvalue weighted by Gasteiger charge is -2.34. The number of nitrogens with zero attached hydrogens (tertiary/aromatic N) is 3. The van der Waals surface area contributed by atoms with Gasteiger partial charge >= 0.3 is 6.03 Å². The van der Waals surface area contributed by atoms with Gasteiger partial charge in [-0.3, -0.25) is 4.79 Å². The number of hydrogen-bond acceptors (Lipinski definition) is 5. The third-order valence-corrected chi connectivity index (χ3v) is 5.05. The van der Waals surface area contributed by atoms with Crippen LogP contribution < -0.4 is 15.0 Å². The van der Waals surface area contributed by atoms with Crippen molar-refractivity contribution in [3.8, 4) is 5.75 Å². The Bertz CT molecular complexity index is 878. The Balaban J connectivity index is 1.53. The topological polar surface area (TPSA) is 87.9 Å². The van der Waals surface area contributed by atoms with Crippen molar-refractivity contribution in [2.45, 2.75) is 32.2 Å². The Hall–Kier alpha value is -3.03. The molecule has 0 radical (unpaired) electrons. The second kappa shape index (κ2) is 6.94. The number of carbonyl (C=O) groups excluding carboxylic acids is 2. The number of likely N-dealkylation sites (tertiary alicyclic amines) is 1. The van der Waals surface area contributed by atoms with Crippen molar-refractivity contribution >= 4 is 23.3 Å². The number of carbonyl (C=O) groups is 2. The van der Waals surface area contributed by atoms with Crippen LogP contribution in [0.4, 0.5) is 16.2 Å². The third-order valence-electron chi connectivity index (χ3n) is 5.05. The number of amides is 3. The molecule has 2 aliphatic rings. The van der Waals surface area contributed by atoms with Gasteiger partial charge in [0.05, 0.1) is 11.7 Å². The zero-order valence-electron chi connectivity index (χ0n) is 15.4. The summed E-state index contributed by atoms with van der Waals surface area (Å²) >= 11 is 0. The Morgan fingerprint density at radius 2 is 2.15 bits per heavy atom. The molecule has 0 bridgehead atoms. The van der Waals surface area contributed by atoms with E-state index in [0.717, 1.165) is 30.7 Å². The molecule has 0 aliphatic carbocycles. The van der Waals surface area contributed by atoms with Crippen molar-refractivity contribution in [1.82, 2.24) is 10.1 Å². The van der Waals surface area contributed by atoms with Crippen LogP contribution in [-0.4, -0.2) is 42.2 Å². The highest BCUT2D eigenvalue weighted by Gasteiger charge is 2.30. The Labute approximate surface area is 157 Å². The van der Waals surface area contributed by atoms with Gasteiger partial charge in [0.2, 0.25) is 0 Å². The van der Waals surface area contributed by atoms with Gasteiger partial charge in [0.25, 0.3) is 5.91 Å². The van der Waals surface area contributed by atoms with Crippen LogP contribution >= 0.6 is 0 Å². The minimum atomic E-state index is -0.189. The summed E-state index contributed by atoms with van der Waals surface area (Å²) < 4.78 is 10.6. The molecule has 1 N–H and O–H groups in total. The highest BCUT2D eigenvalue weighted by molar-refractivity contribution is 5.99. The summed E-state index contributed by atoms with van der Waals surface area (Å²) in [4.78, 5) is 28.1. The number of hydrogen-bond donors (Lipinski definition) is 1. The maximum atomic E-state index is 12.9. The van der Waals surface area contributed by atoms with Crippen LogP contribution in [-0.2, 0) is 4.79 Å². The van der Waals surface area contributed by atoms with Crippen LogP contribution in [0, 0.1) is 6.92 Å². The minimum Gasteiger partial charge on any atom is -0.482 e. The average molecular weight is 370 g/mol. The number of benzene rings is 1. The fraction of sp³-hybridized carbons (Fsp3) is 0.421. The van der Waals surface area contributed by atoms with E-state index in [9.17, 15) is 9.59 Å². The number of piperidine rings is 1. The Morgan fingerprint density at radius 1 is 1.30 bits per heavy atom. The lowest BCUT2D eigenvalue weighted by molar-refractivity contribution is -0.120. The van der Waals surface area contributed by atoms with Gasteiger partial charge in [0.15, 0.2) is 6.61 Å². The van der Waals surface area contributed by atoms with Gasteiger partial charge in [-0.1, -0.05) is 5.16 Å². The van der Waals surface area contributed by atoms with Gasteiger partial charge in [-0.05, 0) is 44.4 Å². The highest BCUT2D eigenvalue weighted by Crippen LogP contribution is 2.35. The predicted octanol–water partition coefficient (Wildman–Crippen LogP) is 3.10. The number of anilines is 2. The minimum absolute atomic E-state index is 0.0295. The van der Waals surface area contributed by atoms with E-state index in [2.05, 4.69) is 10.5 Å². The van der Waals surface area contributed by atoms with Crippen molar-refractivity contribution in [3.63, 3.8) is 0 Å². The summed E-state index contributed by atoms with van der Waals surface area (Å²) in [6.07, 6.45) is 2.86. The smallest absolute Gasteiger partial charge is 0.322 e. The van der Waals surface area contributed by atoms with Gasteiger partial charge < -0.3 is 24.4 Å². The lowest BCUT2D eigenvalue weighted by atomic mass is 9.99. The summed E-state index contributed by atoms with van der Waals surface area (Å²) in [6.45, 7) is 2.54. The first-order valence-corrected chi connectivity index (χ1v) is 9.07. The second-order valence-electron chi connectivity index (χ2n) is 6.92. The molecule has 1 fully saturated rings. The molecule has 8 heteroatoms. The van der Waals surface area contributed by atoms with Crippen molar-refractivity contribution in [3.05, 3.63) is 35.7 Å². The fourth-order valence-corrected chi connectivity index (χ4v) is 3.57. The lowest BCUT2D eigenvalue weighted by Crippen LogP contribution is -2.41. The highest BCUT2D eigenvalue weighted by atomic mass is 16.5. The zero-order valence-corrected chi connectivity index (χ0v) is 15.4. The molecule has 4 rings (SSSR count). The van der Waals surface area contributed by atoms with Crippen LogP contribution in [0.2, 0.25) is 0 Å². The maximum absolute atomic E-state index is 12.9. The van der Waals surface area contributed by atoms with Crippen LogP contribution in [0.5, 0.6) is 5.75 Å². The molecule has 8 nitrogen and oxygen atoms in total. The number of ether oxygens (including phenoxy) is 1. The fourth-order valence-electron chi connectivity index (χ4n) is 3.57. The Morgan fingerprint density at radius 3 is 2.93 bits per heavy atom. The first-order chi connectivity index (χ1) is 13.0. The molecule has 1 atom stereocenters. The predicted molar refractivity (Wildman–Crippen MR) is 98.9 cm³/mol. The number of likely N-dealkylation sites (N-methyl/N-ethyl adjacent to an activating group) is 1. The van der Waals surface area contributed by atoms with Gasteiger partial charge in [0, 0.05) is 25.3 Å². The Kier molecular flexibility index (Phi) is 4.47. The standard InChI is InChI=1S/C19H22N4O4/c1-12-9-14(21-27-12)15-5-3-4-8-23(15)19(25)20-13-6-7-17-16(10-13)22(2)18(24)11-26-17/h6-7,9-10,15H,3-5,8,11H2,1-2H3,(H,20,25)/t15-/m1/s1. The zero-order chi connectivity index (χ0) is 19.0. The molecular formula is C19H22N4O4. The molecule has 2 aromatic rings. The number of urea groups is 1. The van der Waals surface area contributed by atoms with E-state index in [1.54, 1.807) is 30.1 Å². The van der Waals surface area contributed by atoms with E-state index in [4.69, 9.17) is 9.26 Å². The van der Waals surface area contributed by atoms with Crippen molar-refractivity contribution in [2.75, 3.05) is 30.4 Å². The maximum Gasteiger partial charge on any atom is 0.322 e. The van der Waals surface area contributed by atoms with Gasteiger partial charge in [-0.15, -0.1) is 0 Å². The quantitative estimate of drug-likeness (QED) is 0.878. The van der Waals surface area contributed by atoms with Crippen molar-refractivity contribution < 1.29 is 18.8 Å². The van der Waals surface area contributed by atoms with Crippen LogP contribution in [0.15, 0.2) is 28.8 Å². The van der Waals surface area contributed by atoms with Crippen LogP contribution in [0.1, 0.15) is 36.8 Å². The van der Waals surface area contributed by atoms with E-state index in [0.29, 0.717) is 23.7 Å². The molecular weight excluding hydrogens is 348 g/mol. The molecule has 0 unspecified atom stereocenters. The normalized spacial score (nSPS) is 19.5. The number of aryl methyl sites for hydroxylation is 1. The van der Waals surface area contributed by atoms with E-state index >= 15 is 0 Å². The molecule has 3 heterocycles. The molecule has 27 heavy (non-hydrogen) atoms. The first-order valence-electron chi connectivity index (χ1n) is 9.07. The molecule has 1 aromatic carbocycles. The van der Waals surface area contributed by atoms with Gasteiger partial charge in [-0.25, -0.2) is 4.79 Å². The monoisotopic (exact) mass is 370 g/mol. The van der Waals surface area contributed by atoms with Gasteiger partial charge in [-0.2, -0.15) is 0 Å². The van der Waals surface area contributed by atoms with Crippen molar-refractivity contribution in [1.29, 1.82) is 0 Å². The largest absolute Gasteiger partial charge is 0.482 e. The van der Waals surface area contributed by atoms with Crippen LogP contribution in [0.3, 0.4) is 0 Å². The SMILES string of the molecule is Cc1cc([C@H]2CCCCN2C(=O)Nc2ccc3c(c2)N(C)C(=O)CO3)no1. The number of rotatable bonds is 2. The van der Waals surface area contributed by atoms with E-state index in [1.165, 1.54) is 4.90 Å². The van der Waals surface area contributed by atoms with E-state index in [-0.39, 0.29) is 24.6 Å². The summed E-state index contributed by atoms with van der Waals surface area (Å²) in [5.41, 5.74) is 2.04. The molecule has 142 valence electrons. The van der Waals surface area contributed by atoms with Crippen LogP contribution in [0.25, 0.3) is 0 Å². The molecule has 2 aliphatic heterocycles. The average Bonchev–Trinajstić information content (AvgIpc) is 3.11. The molecule has 3 amide bonds. The summed E-state index contributed by atoms with van der Waals surface area (Å²) in [7, 11) is 1.70.